The molecule has 4 nitrogen and oxygen atoms in total. The molecule has 0 saturated heterocycles. The monoisotopic (exact) mass is 306 g/mol. The summed E-state index contributed by atoms with van der Waals surface area (Å²) in [7, 11) is 0. The Morgan fingerprint density at radius 1 is 1.21 bits per heavy atom. The highest BCUT2D eigenvalue weighted by atomic mass is 35.5. The van der Waals surface area contributed by atoms with Crippen LogP contribution in [0.4, 0.5) is 18.9 Å². The van der Waals surface area contributed by atoms with Gasteiger partial charge in [0.05, 0.1) is 16.3 Å². The fourth-order valence-corrected chi connectivity index (χ4v) is 1.54. The molecule has 1 aromatic rings. The van der Waals surface area contributed by atoms with Gasteiger partial charge >= 0.3 is 6.18 Å². The van der Waals surface area contributed by atoms with Crippen LogP contribution in [0.5, 0.6) is 0 Å². The van der Waals surface area contributed by atoms with E-state index in [0.29, 0.717) is 6.07 Å². The number of nitrogens with one attached hydrogen (secondary N) is 1. The summed E-state index contributed by atoms with van der Waals surface area (Å²) in [6, 6.07) is 4.61. The Kier molecular flexibility index (Phi) is 4.60. The lowest BCUT2D eigenvalue weighted by Gasteiger charge is -2.12. The van der Waals surface area contributed by atoms with Crippen LogP contribution in [-0.2, 0) is 6.18 Å². The van der Waals surface area contributed by atoms with Crippen molar-refractivity contribution in [3.05, 3.63) is 27.7 Å². The maximum Gasteiger partial charge on any atom is 0.417 e. The maximum absolute atomic E-state index is 12.6. The molecule has 0 aliphatic rings. The number of alkyl halides is 3. The molecule has 1 rings (SSSR count). The highest BCUT2D eigenvalue weighted by molar-refractivity contribution is 6.36. The molecule has 0 saturated carbocycles. The lowest BCUT2D eigenvalue weighted by Crippen LogP contribution is -2.07. The summed E-state index contributed by atoms with van der Waals surface area (Å²) in [4.78, 5) is 0. The van der Waals surface area contributed by atoms with Crippen molar-refractivity contribution < 1.29 is 13.2 Å². The fraction of sp³-hybridized carbons (Fsp3) is 0.100. The molecule has 0 aliphatic carbocycles. The van der Waals surface area contributed by atoms with Gasteiger partial charge in [-0.2, -0.15) is 28.8 Å². The maximum atomic E-state index is 12.6. The molecule has 1 aromatic carbocycles. The Morgan fingerprint density at radius 3 is 2.26 bits per heavy atom. The van der Waals surface area contributed by atoms with Gasteiger partial charge in [-0.25, -0.2) is 0 Å². The minimum Gasteiger partial charge on any atom is -0.275 e. The third-order valence-electron chi connectivity index (χ3n) is 1.84. The number of hydrazone groups is 1. The van der Waals surface area contributed by atoms with Crippen LogP contribution in [0.1, 0.15) is 5.56 Å². The van der Waals surface area contributed by atoms with Gasteiger partial charge in [-0.15, -0.1) is 0 Å². The highest BCUT2D eigenvalue weighted by Crippen LogP contribution is 2.40. The molecule has 0 aromatic heterocycles. The largest absolute Gasteiger partial charge is 0.417 e. The SMILES string of the molecule is N#CC(C#N)=NNc1cc(Cl)cc(C(F)(F)F)c1Cl. The molecule has 0 atom stereocenters. The minimum absolute atomic E-state index is 0.218. The first-order chi connectivity index (χ1) is 8.79. The number of rotatable bonds is 2. The molecule has 1 N–H and O–H groups in total. The average Bonchev–Trinajstić information content (AvgIpc) is 2.32. The molecular weight excluding hydrogens is 304 g/mol. The van der Waals surface area contributed by atoms with Crippen LogP contribution < -0.4 is 5.43 Å². The summed E-state index contributed by atoms with van der Waals surface area (Å²) >= 11 is 11.1. The zero-order chi connectivity index (χ0) is 14.6. The third-order valence-corrected chi connectivity index (χ3v) is 2.47. The van der Waals surface area contributed by atoms with Gasteiger partial charge in [-0.1, -0.05) is 23.2 Å². The van der Waals surface area contributed by atoms with E-state index in [0.717, 1.165) is 6.07 Å². The van der Waals surface area contributed by atoms with E-state index in [1.54, 1.807) is 0 Å². The summed E-state index contributed by atoms with van der Waals surface area (Å²) in [5.41, 5.74) is 0.126. The van der Waals surface area contributed by atoms with Gasteiger partial charge in [0.15, 0.2) is 0 Å². The third kappa shape index (κ3) is 3.75. The van der Waals surface area contributed by atoms with Gasteiger partial charge in [0.1, 0.15) is 12.1 Å². The van der Waals surface area contributed by atoms with Crippen molar-refractivity contribution in [1.29, 1.82) is 10.5 Å². The molecule has 98 valence electrons. The van der Waals surface area contributed by atoms with Crippen molar-refractivity contribution in [2.24, 2.45) is 5.10 Å². The number of benzene rings is 1. The van der Waals surface area contributed by atoms with Crippen LogP contribution >= 0.6 is 23.2 Å². The quantitative estimate of drug-likeness (QED) is 0.666. The summed E-state index contributed by atoms with van der Waals surface area (Å²) in [5, 5.41) is 19.3. The Hall–Kier alpha value is -1.96. The summed E-state index contributed by atoms with van der Waals surface area (Å²) < 4.78 is 37.9. The van der Waals surface area contributed by atoms with E-state index in [1.165, 1.54) is 12.1 Å². The number of anilines is 1. The van der Waals surface area contributed by atoms with Gasteiger partial charge in [-0.3, -0.25) is 5.43 Å². The molecule has 0 aliphatic heterocycles. The summed E-state index contributed by atoms with van der Waals surface area (Å²) in [6.45, 7) is 0. The fourth-order valence-electron chi connectivity index (χ4n) is 1.07. The first-order valence-electron chi connectivity index (χ1n) is 4.49. The minimum atomic E-state index is -4.69. The van der Waals surface area contributed by atoms with Crippen LogP contribution in [0.3, 0.4) is 0 Å². The Balaban J connectivity index is 3.25. The Morgan fingerprint density at radius 2 is 1.79 bits per heavy atom. The van der Waals surface area contributed by atoms with Gasteiger partial charge in [0.25, 0.3) is 0 Å². The summed E-state index contributed by atoms with van der Waals surface area (Å²) in [5.74, 6) is 0. The number of nitrogens with zero attached hydrogens (tertiary/aromatic N) is 3. The van der Waals surface area contributed by atoms with Crippen molar-refractivity contribution in [2.45, 2.75) is 6.18 Å². The van der Waals surface area contributed by atoms with Crippen LogP contribution in [0, 0.1) is 22.7 Å². The predicted octanol–water partition coefficient (Wildman–Crippen LogP) is 3.83. The van der Waals surface area contributed by atoms with Crippen molar-refractivity contribution in [3.8, 4) is 12.1 Å². The molecule has 0 bridgehead atoms. The number of hydrogen-bond acceptors (Lipinski definition) is 4. The smallest absolute Gasteiger partial charge is 0.275 e. The summed E-state index contributed by atoms with van der Waals surface area (Å²) in [6.07, 6.45) is -4.69. The Bertz CT molecular complexity index is 595. The molecule has 9 heteroatoms. The zero-order valence-electron chi connectivity index (χ0n) is 8.89. The van der Waals surface area contributed by atoms with Gasteiger partial charge < -0.3 is 0 Å². The van der Waals surface area contributed by atoms with Crippen LogP contribution in [0.25, 0.3) is 0 Å². The van der Waals surface area contributed by atoms with E-state index in [-0.39, 0.29) is 10.7 Å². The second-order valence-electron chi connectivity index (χ2n) is 3.11. The van der Waals surface area contributed by atoms with E-state index < -0.39 is 22.5 Å². The predicted molar refractivity (Wildman–Crippen MR) is 63.7 cm³/mol. The lowest BCUT2D eigenvalue weighted by atomic mass is 10.2. The molecule has 0 unspecified atom stereocenters. The first-order valence-corrected chi connectivity index (χ1v) is 5.25. The van der Waals surface area contributed by atoms with Gasteiger partial charge in [-0.05, 0) is 12.1 Å². The number of halogens is 5. The number of nitriles is 2. The normalized spacial score (nSPS) is 10.3. The number of hydrogen-bond donors (Lipinski definition) is 1. The topological polar surface area (TPSA) is 72.0 Å². The molecule has 0 fully saturated rings. The molecule has 0 spiro atoms. The van der Waals surface area contributed by atoms with Crippen molar-refractivity contribution in [1.82, 2.24) is 0 Å². The van der Waals surface area contributed by atoms with Gasteiger partial charge in [0.2, 0.25) is 5.71 Å². The zero-order valence-corrected chi connectivity index (χ0v) is 10.4. The van der Waals surface area contributed by atoms with E-state index in [2.05, 4.69) is 10.5 Å². The van der Waals surface area contributed by atoms with E-state index in [1.807, 2.05) is 0 Å². The lowest BCUT2D eigenvalue weighted by molar-refractivity contribution is -0.137. The first kappa shape index (κ1) is 15.1. The second kappa shape index (κ2) is 5.79. The molecule has 0 heterocycles. The average molecular weight is 307 g/mol. The molecule has 0 radical (unpaired) electrons. The van der Waals surface area contributed by atoms with Crippen molar-refractivity contribution >= 4 is 34.6 Å². The van der Waals surface area contributed by atoms with E-state index in [4.69, 9.17) is 33.7 Å². The van der Waals surface area contributed by atoms with Crippen LogP contribution in [-0.4, -0.2) is 5.71 Å². The molecule has 19 heavy (non-hydrogen) atoms. The van der Waals surface area contributed by atoms with E-state index >= 15 is 0 Å². The second-order valence-corrected chi connectivity index (χ2v) is 3.92. The Labute approximate surface area is 115 Å². The van der Waals surface area contributed by atoms with Crippen LogP contribution in [0.15, 0.2) is 17.2 Å². The van der Waals surface area contributed by atoms with Crippen molar-refractivity contribution in [2.75, 3.05) is 5.43 Å². The van der Waals surface area contributed by atoms with Crippen molar-refractivity contribution in [3.63, 3.8) is 0 Å². The molecule has 0 amide bonds. The van der Waals surface area contributed by atoms with Gasteiger partial charge in [0, 0.05) is 5.02 Å². The molecular formula is C10H3Cl2F3N4. The highest BCUT2D eigenvalue weighted by Gasteiger charge is 2.34. The van der Waals surface area contributed by atoms with Crippen LogP contribution in [0.2, 0.25) is 10.0 Å². The van der Waals surface area contributed by atoms with E-state index in [9.17, 15) is 13.2 Å². The standard InChI is InChI=1S/C10H3Cl2F3N4/c11-5-1-7(10(13,14)15)9(12)8(2-5)19-18-6(3-16)4-17/h1-2,19H.